The van der Waals surface area contributed by atoms with E-state index in [-0.39, 0.29) is 0 Å². The smallest absolute Gasteiger partial charge is 0.129 e. The van der Waals surface area contributed by atoms with Gasteiger partial charge in [0, 0.05) is 22.1 Å². The molecule has 0 atom stereocenters. The van der Waals surface area contributed by atoms with Crippen molar-refractivity contribution in [3.8, 4) is 0 Å². The molecule has 0 bridgehead atoms. The fourth-order valence-electron chi connectivity index (χ4n) is 1.75. The third-order valence-corrected chi connectivity index (χ3v) is 4.66. The summed E-state index contributed by atoms with van der Waals surface area (Å²) in [7, 11) is 0. The van der Waals surface area contributed by atoms with Gasteiger partial charge in [-0.25, -0.2) is 0 Å². The van der Waals surface area contributed by atoms with Crippen molar-refractivity contribution in [1.82, 2.24) is 5.32 Å². The van der Waals surface area contributed by atoms with Gasteiger partial charge in [-0.2, -0.15) is 0 Å². The lowest BCUT2D eigenvalue weighted by atomic mass is 10.2. The molecule has 20 heavy (non-hydrogen) atoms. The van der Waals surface area contributed by atoms with E-state index in [4.69, 9.17) is 9.15 Å². The maximum absolute atomic E-state index is 5.52. The Hall–Kier alpha value is -0.620. The first kappa shape index (κ1) is 15.8. The van der Waals surface area contributed by atoms with Gasteiger partial charge >= 0.3 is 0 Å². The molecule has 2 rings (SSSR count). The SMILES string of the molecule is Brc1ccc(CNCCCOCc2ccco2)cc1Br. The normalized spacial score (nSPS) is 10.9. The van der Waals surface area contributed by atoms with E-state index in [2.05, 4.69) is 49.3 Å². The number of benzene rings is 1. The fourth-order valence-corrected chi connectivity index (χ4v) is 2.42. The molecule has 0 aliphatic rings. The Bertz CT molecular complexity index is 515. The average molecular weight is 403 g/mol. The van der Waals surface area contributed by atoms with Crippen molar-refractivity contribution in [2.75, 3.05) is 13.2 Å². The fraction of sp³-hybridized carbons (Fsp3) is 0.333. The Balaban J connectivity index is 1.54. The van der Waals surface area contributed by atoms with E-state index in [0.29, 0.717) is 6.61 Å². The second-order valence-corrected chi connectivity index (χ2v) is 6.12. The minimum absolute atomic E-state index is 0.548. The van der Waals surface area contributed by atoms with E-state index >= 15 is 0 Å². The maximum Gasteiger partial charge on any atom is 0.129 e. The van der Waals surface area contributed by atoms with Crippen LogP contribution in [0.5, 0.6) is 0 Å². The highest BCUT2D eigenvalue weighted by molar-refractivity contribution is 9.13. The van der Waals surface area contributed by atoms with Crippen LogP contribution in [0.2, 0.25) is 0 Å². The van der Waals surface area contributed by atoms with Crippen LogP contribution in [-0.2, 0) is 17.9 Å². The van der Waals surface area contributed by atoms with E-state index in [1.165, 1.54) is 5.56 Å². The van der Waals surface area contributed by atoms with Crippen LogP contribution in [0.4, 0.5) is 0 Å². The van der Waals surface area contributed by atoms with E-state index in [9.17, 15) is 0 Å². The van der Waals surface area contributed by atoms with Crippen molar-refractivity contribution in [2.45, 2.75) is 19.6 Å². The largest absolute Gasteiger partial charge is 0.467 e. The van der Waals surface area contributed by atoms with Gasteiger partial charge in [0.1, 0.15) is 12.4 Å². The molecule has 0 aliphatic carbocycles. The van der Waals surface area contributed by atoms with E-state index in [0.717, 1.165) is 40.8 Å². The van der Waals surface area contributed by atoms with Crippen molar-refractivity contribution in [2.24, 2.45) is 0 Å². The topological polar surface area (TPSA) is 34.4 Å². The summed E-state index contributed by atoms with van der Waals surface area (Å²) in [5, 5.41) is 3.40. The molecular formula is C15H17Br2NO2. The molecule has 0 saturated carbocycles. The van der Waals surface area contributed by atoms with Crippen LogP contribution in [-0.4, -0.2) is 13.2 Å². The van der Waals surface area contributed by atoms with Gasteiger partial charge in [-0.05, 0) is 74.7 Å². The van der Waals surface area contributed by atoms with Crippen molar-refractivity contribution in [1.29, 1.82) is 0 Å². The van der Waals surface area contributed by atoms with Crippen LogP contribution in [0.15, 0.2) is 50.0 Å². The summed E-state index contributed by atoms with van der Waals surface area (Å²) in [6.45, 7) is 3.08. The minimum Gasteiger partial charge on any atom is -0.467 e. The van der Waals surface area contributed by atoms with Crippen LogP contribution in [0, 0.1) is 0 Å². The number of ether oxygens (including phenoxy) is 1. The zero-order valence-electron chi connectivity index (χ0n) is 11.1. The molecule has 3 nitrogen and oxygen atoms in total. The zero-order valence-corrected chi connectivity index (χ0v) is 14.2. The van der Waals surface area contributed by atoms with E-state index in [1.807, 2.05) is 18.2 Å². The van der Waals surface area contributed by atoms with Crippen LogP contribution in [0.3, 0.4) is 0 Å². The third kappa shape index (κ3) is 5.40. The summed E-state index contributed by atoms with van der Waals surface area (Å²) in [5.41, 5.74) is 1.26. The van der Waals surface area contributed by atoms with Gasteiger partial charge in [-0.3, -0.25) is 0 Å². The molecule has 108 valence electrons. The number of halogens is 2. The number of hydrogen-bond acceptors (Lipinski definition) is 3. The van der Waals surface area contributed by atoms with Crippen molar-refractivity contribution in [3.05, 3.63) is 56.9 Å². The first-order valence-corrected chi connectivity index (χ1v) is 8.09. The van der Waals surface area contributed by atoms with E-state index in [1.54, 1.807) is 6.26 Å². The van der Waals surface area contributed by atoms with Gasteiger partial charge in [0.05, 0.1) is 6.26 Å². The number of hydrogen-bond donors (Lipinski definition) is 1. The highest BCUT2D eigenvalue weighted by Crippen LogP contribution is 2.23. The lowest BCUT2D eigenvalue weighted by molar-refractivity contribution is 0.104. The van der Waals surface area contributed by atoms with Gasteiger partial charge in [0.15, 0.2) is 0 Å². The standard InChI is InChI=1S/C15H17Br2NO2/c16-14-5-4-12(9-15(14)17)10-18-6-2-7-19-11-13-3-1-8-20-13/h1,3-5,8-9,18H,2,6-7,10-11H2. The predicted molar refractivity (Wildman–Crippen MR) is 86.5 cm³/mol. The third-order valence-electron chi connectivity index (χ3n) is 2.78. The quantitative estimate of drug-likeness (QED) is 0.660. The molecule has 0 aliphatic heterocycles. The van der Waals surface area contributed by atoms with E-state index < -0.39 is 0 Å². The summed E-state index contributed by atoms with van der Waals surface area (Å²) >= 11 is 6.97. The molecular weight excluding hydrogens is 386 g/mol. The second-order valence-electron chi connectivity index (χ2n) is 4.41. The number of furan rings is 1. The molecule has 1 aromatic heterocycles. The molecule has 0 radical (unpaired) electrons. The number of rotatable bonds is 8. The lowest BCUT2D eigenvalue weighted by Crippen LogP contribution is -2.16. The van der Waals surface area contributed by atoms with Gasteiger partial charge in [-0.1, -0.05) is 6.07 Å². The van der Waals surface area contributed by atoms with Gasteiger partial charge in [0.25, 0.3) is 0 Å². The molecule has 1 heterocycles. The Morgan fingerprint density at radius 3 is 2.80 bits per heavy atom. The van der Waals surface area contributed by atoms with Crippen molar-refractivity contribution < 1.29 is 9.15 Å². The molecule has 0 fully saturated rings. The summed E-state index contributed by atoms with van der Waals surface area (Å²) in [4.78, 5) is 0. The monoisotopic (exact) mass is 401 g/mol. The van der Waals surface area contributed by atoms with Crippen molar-refractivity contribution >= 4 is 31.9 Å². The van der Waals surface area contributed by atoms with Gasteiger partial charge in [0.2, 0.25) is 0 Å². The van der Waals surface area contributed by atoms with Crippen molar-refractivity contribution in [3.63, 3.8) is 0 Å². The van der Waals surface area contributed by atoms with Crippen LogP contribution < -0.4 is 5.32 Å². The maximum atomic E-state index is 5.52. The zero-order chi connectivity index (χ0) is 14.2. The summed E-state index contributed by atoms with van der Waals surface area (Å²) in [6, 6.07) is 10.1. The Morgan fingerprint density at radius 2 is 2.05 bits per heavy atom. The molecule has 1 N–H and O–H groups in total. The minimum atomic E-state index is 0.548. The molecule has 2 aromatic rings. The van der Waals surface area contributed by atoms with Gasteiger partial charge < -0.3 is 14.5 Å². The Labute approximate surface area is 136 Å². The number of nitrogens with one attached hydrogen (secondary N) is 1. The van der Waals surface area contributed by atoms with Crippen LogP contribution in [0.1, 0.15) is 17.7 Å². The van der Waals surface area contributed by atoms with Crippen LogP contribution in [0.25, 0.3) is 0 Å². The molecule has 0 amide bonds. The molecule has 0 spiro atoms. The second kappa shape index (κ2) is 8.62. The highest BCUT2D eigenvalue weighted by Gasteiger charge is 1.99. The first-order chi connectivity index (χ1) is 9.75. The molecule has 1 aromatic carbocycles. The average Bonchev–Trinajstić information content (AvgIpc) is 2.95. The predicted octanol–water partition coefficient (Wildman–Crippen LogP) is 4.50. The lowest BCUT2D eigenvalue weighted by Gasteiger charge is -2.06. The first-order valence-electron chi connectivity index (χ1n) is 6.50. The molecule has 0 saturated heterocycles. The highest BCUT2D eigenvalue weighted by atomic mass is 79.9. The summed E-state index contributed by atoms with van der Waals surface area (Å²) < 4.78 is 12.9. The van der Waals surface area contributed by atoms with Gasteiger partial charge in [-0.15, -0.1) is 0 Å². The Morgan fingerprint density at radius 1 is 1.15 bits per heavy atom. The molecule has 5 heteroatoms. The molecule has 0 unspecified atom stereocenters. The summed E-state index contributed by atoms with van der Waals surface area (Å²) in [5.74, 6) is 0.873. The van der Waals surface area contributed by atoms with Crippen LogP contribution >= 0.6 is 31.9 Å². The Kier molecular flexibility index (Phi) is 6.79. The summed E-state index contributed by atoms with van der Waals surface area (Å²) in [6.07, 6.45) is 2.65.